The Morgan fingerprint density at radius 1 is 1.24 bits per heavy atom. The fourth-order valence-electron chi connectivity index (χ4n) is 3.25. The Morgan fingerprint density at radius 3 is 2.68 bits per heavy atom. The summed E-state index contributed by atoms with van der Waals surface area (Å²) in [7, 11) is 0. The number of carbonyl (C=O) groups excluding carboxylic acids is 1. The van der Waals surface area contributed by atoms with Crippen molar-refractivity contribution in [1.82, 2.24) is 25.1 Å². The van der Waals surface area contributed by atoms with Crippen molar-refractivity contribution in [2.24, 2.45) is 0 Å². The molecule has 0 saturated carbocycles. The highest BCUT2D eigenvalue weighted by Gasteiger charge is 2.30. The van der Waals surface area contributed by atoms with Gasteiger partial charge < -0.3 is 14.4 Å². The number of rotatable bonds is 5. The molecule has 2 amide bonds. The number of anilines is 1. The predicted molar refractivity (Wildman–Crippen MR) is 116 cm³/mol. The molecule has 0 unspecified atom stereocenters. The molecule has 0 saturated heterocycles. The van der Waals surface area contributed by atoms with E-state index in [9.17, 15) is 18.0 Å². The third-order valence-electron chi connectivity index (χ3n) is 5.01. The van der Waals surface area contributed by atoms with Gasteiger partial charge in [0.25, 0.3) is 0 Å². The second-order valence-corrected chi connectivity index (χ2v) is 7.72. The summed E-state index contributed by atoms with van der Waals surface area (Å²) in [5.74, 6) is 0.565. The zero-order chi connectivity index (χ0) is 24.3. The van der Waals surface area contributed by atoms with Gasteiger partial charge >= 0.3 is 12.2 Å². The van der Waals surface area contributed by atoms with Crippen LogP contribution in [0.2, 0.25) is 5.02 Å². The highest BCUT2D eigenvalue weighted by Crippen LogP contribution is 2.31. The molecule has 2 N–H and O–H groups in total. The summed E-state index contributed by atoms with van der Waals surface area (Å²) >= 11 is 6.42. The summed E-state index contributed by atoms with van der Waals surface area (Å²) in [6, 6.07) is 3.13. The molecule has 0 spiro atoms. The number of halogens is 4. The second kappa shape index (κ2) is 9.77. The molecule has 0 atom stereocenters. The lowest BCUT2D eigenvalue weighted by Crippen LogP contribution is -2.38. The topological polar surface area (TPSA) is 117 Å². The average Bonchev–Trinajstić information content (AvgIpc) is 3.28. The number of pyridine rings is 2. The molecule has 1 aliphatic heterocycles. The normalized spacial score (nSPS) is 14.1. The third kappa shape index (κ3) is 5.34. The van der Waals surface area contributed by atoms with Gasteiger partial charge in [-0.05, 0) is 30.2 Å². The molecular formula is C21H18ClF3N6O3. The van der Waals surface area contributed by atoms with E-state index in [2.05, 4.69) is 25.5 Å². The van der Waals surface area contributed by atoms with Gasteiger partial charge in [-0.2, -0.15) is 13.2 Å². The lowest BCUT2D eigenvalue weighted by atomic mass is 10.0. The molecule has 0 aliphatic carbocycles. The lowest BCUT2D eigenvalue weighted by molar-refractivity contribution is -0.137. The van der Waals surface area contributed by atoms with Crippen molar-refractivity contribution in [2.75, 3.05) is 25.0 Å². The predicted octanol–water partition coefficient (Wildman–Crippen LogP) is 4.05. The minimum atomic E-state index is -4.49. The maximum Gasteiger partial charge on any atom is 0.417 e. The van der Waals surface area contributed by atoms with Crippen LogP contribution >= 0.6 is 11.6 Å². The number of alkyl halides is 3. The van der Waals surface area contributed by atoms with E-state index in [0.29, 0.717) is 41.3 Å². The fraction of sp³-hybridized carbons (Fsp3) is 0.286. The van der Waals surface area contributed by atoms with E-state index >= 15 is 0 Å². The number of aliphatic hydroxyl groups excluding tert-OH is 1. The van der Waals surface area contributed by atoms with Crippen LogP contribution in [0, 0.1) is 0 Å². The Bertz CT molecular complexity index is 1210. The minimum Gasteiger partial charge on any atom is -0.421 e. The summed E-state index contributed by atoms with van der Waals surface area (Å²) in [5, 5.41) is 19.6. The van der Waals surface area contributed by atoms with Crippen molar-refractivity contribution in [2.45, 2.75) is 19.0 Å². The zero-order valence-corrected chi connectivity index (χ0v) is 18.3. The highest BCUT2D eigenvalue weighted by molar-refractivity contribution is 6.32. The van der Waals surface area contributed by atoms with E-state index in [1.165, 1.54) is 4.90 Å². The molecule has 4 heterocycles. The Kier molecular flexibility index (Phi) is 6.80. The first-order valence-electron chi connectivity index (χ1n) is 10.1. The van der Waals surface area contributed by atoms with Crippen LogP contribution in [-0.2, 0) is 12.6 Å². The standard InChI is InChI=1S/C21H18ClF3N6O3/c22-15-9-13(19-30-29-17(34-19)5-8-32)10-27-18(15)12-3-6-31(7-4-12)20(33)28-16-2-1-14(11-26-16)21(23,24)25/h1-3,9-11,32H,4-8H2,(H,26,28,33). The van der Waals surface area contributed by atoms with Crippen molar-refractivity contribution >= 4 is 29.0 Å². The third-order valence-corrected chi connectivity index (χ3v) is 5.30. The van der Waals surface area contributed by atoms with E-state index in [1.807, 2.05) is 6.08 Å². The maximum atomic E-state index is 12.6. The molecule has 0 radical (unpaired) electrons. The monoisotopic (exact) mass is 494 g/mol. The molecule has 178 valence electrons. The van der Waals surface area contributed by atoms with Crippen LogP contribution in [0.5, 0.6) is 0 Å². The Morgan fingerprint density at radius 2 is 2.06 bits per heavy atom. The number of hydrogen-bond acceptors (Lipinski definition) is 7. The van der Waals surface area contributed by atoms with Gasteiger partial charge in [0.05, 0.1) is 28.5 Å². The molecule has 3 aromatic heterocycles. The van der Waals surface area contributed by atoms with Crippen molar-refractivity contribution < 1.29 is 27.5 Å². The minimum absolute atomic E-state index is 0.0243. The van der Waals surface area contributed by atoms with Crippen molar-refractivity contribution in [3.8, 4) is 11.5 Å². The molecule has 1 aliphatic rings. The first-order valence-corrected chi connectivity index (χ1v) is 10.5. The molecule has 4 rings (SSSR count). The van der Waals surface area contributed by atoms with Gasteiger partial charge in [0.2, 0.25) is 11.8 Å². The lowest BCUT2D eigenvalue weighted by Gasteiger charge is -2.26. The van der Waals surface area contributed by atoms with Crippen LogP contribution in [0.25, 0.3) is 17.0 Å². The number of urea groups is 1. The summed E-state index contributed by atoms with van der Waals surface area (Å²) < 4.78 is 43.4. The highest BCUT2D eigenvalue weighted by atomic mass is 35.5. The van der Waals surface area contributed by atoms with E-state index in [4.69, 9.17) is 21.1 Å². The van der Waals surface area contributed by atoms with Gasteiger partial charge in [-0.1, -0.05) is 17.7 Å². The van der Waals surface area contributed by atoms with Crippen LogP contribution in [0.3, 0.4) is 0 Å². The fourth-order valence-corrected chi connectivity index (χ4v) is 3.54. The number of amides is 2. The van der Waals surface area contributed by atoms with Gasteiger partial charge in [-0.3, -0.25) is 10.3 Å². The Hall–Kier alpha value is -3.51. The zero-order valence-electron chi connectivity index (χ0n) is 17.5. The summed E-state index contributed by atoms with van der Waals surface area (Å²) in [5.41, 5.74) is 1.05. The van der Waals surface area contributed by atoms with Crippen LogP contribution in [0.1, 0.15) is 23.6 Å². The molecule has 3 aromatic rings. The number of aromatic nitrogens is 4. The summed E-state index contributed by atoms with van der Waals surface area (Å²) in [4.78, 5) is 22.0. The van der Waals surface area contributed by atoms with E-state index in [1.54, 1.807) is 12.3 Å². The number of hydrogen-bond donors (Lipinski definition) is 2. The number of nitrogens with one attached hydrogen (secondary N) is 1. The maximum absolute atomic E-state index is 12.6. The number of aliphatic hydroxyl groups is 1. The van der Waals surface area contributed by atoms with Crippen molar-refractivity contribution in [3.05, 3.63) is 58.8 Å². The van der Waals surface area contributed by atoms with E-state index < -0.39 is 17.8 Å². The second-order valence-electron chi connectivity index (χ2n) is 7.31. The van der Waals surface area contributed by atoms with Gasteiger partial charge in [0.15, 0.2) is 0 Å². The van der Waals surface area contributed by atoms with E-state index in [-0.39, 0.29) is 31.3 Å². The number of nitrogens with zero attached hydrogens (tertiary/aromatic N) is 5. The quantitative estimate of drug-likeness (QED) is 0.549. The van der Waals surface area contributed by atoms with Crippen LogP contribution in [0.4, 0.5) is 23.8 Å². The molecule has 34 heavy (non-hydrogen) atoms. The average molecular weight is 495 g/mol. The first kappa shape index (κ1) is 23.6. The van der Waals surface area contributed by atoms with Crippen LogP contribution in [-0.4, -0.2) is 55.9 Å². The first-order chi connectivity index (χ1) is 16.2. The summed E-state index contributed by atoms with van der Waals surface area (Å²) in [6.07, 6.45) is 0.254. The molecule has 0 bridgehead atoms. The summed E-state index contributed by atoms with van der Waals surface area (Å²) in [6.45, 7) is 0.506. The van der Waals surface area contributed by atoms with Gasteiger partial charge in [-0.25, -0.2) is 9.78 Å². The largest absolute Gasteiger partial charge is 0.421 e. The van der Waals surface area contributed by atoms with E-state index in [0.717, 1.165) is 17.7 Å². The van der Waals surface area contributed by atoms with Gasteiger partial charge in [0.1, 0.15) is 5.82 Å². The molecule has 13 heteroatoms. The van der Waals surface area contributed by atoms with Gasteiger partial charge in [0, 0.05) is 31.9 Å². The molecule has 0 fully saturated rings. The Balaban J connectivity index is 1.39. The number of carbonyl (C=O) groups is 1. The SMILES string of the molecule is O=C(Nc1ccc(C(F)(F)F)cn1)N1CC=C(c2ncc(-c3nnc(CCO)o3)cc2Cl)CC1. The Labute approximate surface area is 196 Å². The van der Waals surface area contributed by atoms with Crippen LogP contribution in [0.15, 0.2) is 41.1 Å². The van der Waals surface area contributed by atoms with Gasteiger partial charge in [-0.15, -0.1) is 10.2 Å². The molecule has 0 aromatic carbocycles. The van der Waals surface area contributed by atoms with Crippen molar-refractivity contribution in [3.63, 3.8) is 0 Å². The molecule has 9 nitrogen and oxygen atoms in total. The van der Waals surface area contributed by atoms with Crippen molar-refractivity contribution in [1.29, 1.82) is 0 Å². The smallest absolute Gasteiger partial charge is 0.417 e. The molecular weight excluding hydrogens is 477 g/mol. The van der Waals surface area contributed by atoms with Crippen LogP contribution < -0.4 is 5.32 Å².